The fraction of sp³-hybridized carbons (Fsp3) is 0.571. The maximum absolute atomic E-state index is 14.9. The number of alkyl halides is 20. The molecular formula is C28H24F20N2O2. The lowest BCUT2D eigenvalue weighted by Gasteiger charge is -2.45. The molecule has 0 aliphatic carbocycles. The fourth-order valence-corrected chi connectivity index (χ4v) is 4.59. The molecule has 0 amide bonds. The van der Waals surface area contributed by atoms with Gasteiger partial charge in [0.15, 0.2) is 0 Å². The summed E-state index contributed by atoms with van der Waals surface area (Å²) >= 11 is 0. The average molecular weight is 800 g/mol. The largest absolute Gasteiger partial charge is 0.495 e. The van der Waals surface area contributed by atoms with E-state index in [0.717, 1.165) is 13.8 Å². The van der Waals surface area contributed by atoms with E-state index in [4.69, 9.17) is 11.5 Å². The Morgan fingerprint density at radius 3 is 0.808 bits per heavy atom. The molecule has 2 aromatic rings. The van der Waals surface area contributed by atoms with Gasteiger partial charge in [-0.1, -0.05) is 13.8 Å². The van der Waals surface area contributed by atoms with E-state index in [1.165, 1.54) is 0 Å². The Hall–Kier alpha value is -3.76. The number of hydrogen-bond donors (Lipinski definition) is 2. The molecule has 0 saturated heterocycles. The van der Waals surface area contributed by atoms with E-state index < -0.39 is 117 Å². The molecule has 0 heterocycles. The highest BCUT2D eigenvalue weighted by atomic mass is 19.4. The van der Waals surface area contributed by atoms with E-state index in [1.807, 2.05) is 0 Å². The summed E-state index contributed by atoms with van der Waals surface area (Å²) < 4.78 is 301. The monoisotopic (exact) mass is 800 g/mol. The van der Waals surface area contributed by atoms with Crippen molar-refractivity contribution in [3.8, 4) is 11.5 Å². The first-order chi connectivity index (χ1) is 23.0. The molecule has 0 spiro atoms. The van der Waals surface area contributed by atoms with Crippen molar-refractivity contribution in [2.75, 3.05) is 25.7 Å². The molecule has 2 rings (SSSR count). The van der Waals surface area contributed by atoms with Gasteiger partial charge >= 0.3 is 59.2 Å². The molecule has 52 heavy (non-hydrogen) atoms. The van der Waals surface area contributed by atoms with Crippen molar-refractivity contribution in [3.05, 3.63) is 46.5 Å². The quantitative estimate of drug-likeness (QED) is 0.139. The fourth-order valence-electron chi connectivity index (χ4n) is 4.59. The standard InChI is InChI=1S/C28H24F20N2O2/c1-5-11-7-13(9-15(51-3)17(11)49)19(29,30)21(33,34)23(37,38)25(41,42)27(45,46)28(47,48)26(43,44)24(39,40)22(35,36)20(31,32)14-8-12(6-2)18(50)16(10-14)52-4/h7-10H,5-6,49-50H2,1-4H3. The second-order valence-corrected chi connectivity index (χ2v) is 11.0. The second-order valence-electron chi connectivity index (χ2n) is 11.0. The topological polar surface area (TPSA) is 70.5 Å². The Labute approximate surface area is 279 Å². The van der Waals surface area contributed by atoms with Crippen molar-refractivity contribution in [3.63, 3.8) is 0 Å². The van der Waals surface area contributed by atoms with Crippen molar-refractivity contribution in [2.45, 2.75) is 85.9 Å². The molecule has 0 atom stereocenters. The third kappa shape index (κ3) is 5.67. The summed E-state index contributed by atoms with van der Waals surface area (Å²) in [5.74, 6) is -85.8. The third-order valence-corrected chi connectivity index (χ3v) is 7.93. The van der Waals surface area contributed by atoms with Gasteiger partial charge in [0.05, 0.1) is 25.6 Å². The molecule has 0 bridgehead atoms. The number of ether oxygens (including phenoxy) is 2. The molecule has 0 aliphatic rings. The highest BCUT2D eigenvalue weighted by Gasteiger charge is 2.97. The Balaban J connectivity index is 2.80. The van der Waals surface area contributed by atoms with Gasteiger partial charge in [-0.15, -0.1) is 0 Å². The Kier molecular flexibility index (Phi) is 11.1. The first kappa shape index (κ1) is 44.4. The van der Waals surface area contributed by atoms with E-state index in [9.17, 15) is 87.8 Å². The van der Waals surface area contributed by atoms with Crippen molar-refractivity contribution < 1.29 is 97.3 Å². The van der Waals surface area contributed by atoms with E-state index in [2.05, 4.69) is 9.47 Å². The number of rotatable bonds is 15. The minimum Gasteiger partial charge on any atom is -0.495 e. The highest BCUT2D eigenvalue weighted by molar-refractivity contribution is 5.62. The molecular weight excluding hydrogens is 776 g/mol. The molecule has 0 radical (unpaired) electrons. The molecule has 298 valence electrons. The zero-order chi connectivity index (χ0) is 41.3. The van der Waals surface area contributed by atoms with E-state index in [1.54, 1.807) is 0 Å². The maximum Gasteiger partial charge on any atom is 0.385 e. The molecule has 24 heteroatoms. The van der Waals surface area contributed by atoms with Crippen LogP contribution >= 0.6 is 0 Å². The molecule has 2 aromatic carbocycles. The average Bonchev–Trinajstić information content (AvgIpc) is 3.03. The normalized spacial score (nSPS) is 14.8. The minimum absolute atomic E-state index is 0.191. The Morgan fingerprint density at radius 1 is 0.404 bits per heavy atom. The van der Waals surface area contributed by atoms with Gasteiger partial charge in [0.1, 0.15) is 11.5 Å². The summed E-state index contributed by atoms with van der Waals surface area (Å²) in [5, 5.41) is 0. The maximum atomic E-state index is 14.9. The van der Waals surface area contributed by atoms with Gasteiger partial charge in [0.25, 0.3) is 0 Å². The first-order valence-corrected chi connectivity index (χ1v) is 13.8. The van der Waals surface area contributed by atoms with Crippen LogP contribution < -0.4 is 20.9 Å². The van der Waals surface area contributed by atoms with Gasteiger partial charge in [-0.2, -0.15) is 87.8 Å². The van der Waals surface area contributed by atoms with Crippen LogP contribution in [0, 0.1) is 0 Å². The minimum atomic E-state index is -9.16. The summed E-state index contributed by atoms with van der Waals surface area (Å²) in [4.78, 5) is 0. The Bertz CT molecular complexity index is 1470. The van der Waals surface area contributed by atoms with Crippen LogP contribution in [0.4, 0.5) is 99.2 Å². The van der Waals surface area contributed by atoms with Gasteiger partial charge in [0.2, 0.25) is 0 Å². The number of methoxy groups -OCH3 is 2. The SMILES string of the molecule is CCc1cc(C(F)(F)C(F)(F)C(F)(F)C(F)(F)C(F)(F)C(F)(F)C(F)(F)C(F)(F)C(F)(F)C(F)(F)c2cc(CC)c(N)c(OC)c2)cc(OC)c1N. The number of nitrogens with two attached hydrogens (primary N) is 2. The summed E-state index contributed by atoms with van der Waals surface area (Å²) in [7, 11) is 1.22. The molecule has 0 fully saturated rings. The smallest absolute Gasteiger partial charge is 0.385 e. The van der Waals surface area contributed by atoms with Crippen LogP contribution in [0.2, 0.25) is 0 Å². The predicted octanol–water partition coefficient (Wildman–Crippen LogP) is 9.96. The van der Waals surface area contributed by atoms with Gasteiger partial charge in [-0.3, -0.25) is 0 Å². The van der Waals surface area contributed by atoms with Crippen LogP contribution in [0.15, 0.2) is 24.3 Å². The number of aryl methyl sites for hydroxylation is 2. The number of benzene rings is 2. The molecule has 0 aromatic heterocycles. The van der Waals surface area contributed by atoms with Crippen molar-refractivity contribution >= 4 is 11.4 Å². The van der Waals surface area contributed by atoms with Crippen molar-refractivity contribution in [1.29, 1.82) is 0 Å². The molecule has 0 saturated carbocycles. The molecule has 4 nitrogen and oxygen atoms in total. The zero-order valence-electron chi connectivity index (χ0n) is 26.3. The van der Waals surface area contributed by atoms with Crippen LogP contribution in [0.1, 0.15) is 36.1 Å². The van der Waals surface area contributed by atoms with E-state index in [0.29, 0.717) is 14.2 Å². The van der Waals surface area contributed by atoms with Crippen LogP contribution in [0.25, 0.3) is 0 Å². The van der Waals surface area contributed by atoms with Gasteiger partial charge in [0, 0.05) is 11.1 Å². The summed E-state index contributed by atoms with van der Waals surface area (Å²) in [6.45, 7) is 2.11. The van der Waals surface area contributed by atoms with Gasteiger partial charge in [-0.25, -0.2) is 0 Å². The molecule has 0 unspecified atom stereocenters. The van der Waals surface area contributed by atoms with Crippen LogP contribution in [-0.2, 0) is 24.7 Å². The predicted molar refractivity (Wildman–Crippen MR) is 141 cm³/mol. The van der Waals surface area contributed by atoms with Crippen LogP contribution in [0.3, 0.4) is 0 Å². The zero-order valence-corrected chi connectivity index (χ0v) is 26.3. The van der Waals surface area contributed by atoms with Gasteiger partial charge < -0.3 is 20.9 Å². The lowest BCUT2D eigenvalue weighted by atomic mass is 9.83. The van der Waals surface area contributed by atoms with Crippen LogP contribution in [-0.4, -0.2) is 61.6 Å². The number of halogens is 20. The first-order valence-electron chi connectivity index (χ1n) is 13.8. The molecule has 4 N–H and O–H groups in total. The van der Waals surface area contributed by atoms with Crippen molar-refractivity contribution in [1.82, 2.24) is 0 Å². The summed E-state index contributed by atoms with van der Waals surface area (Å²) in [6.07, 6.45) is -1.07. The Morgan fingerprint density at radius 2 is 0.615 bits per heavy atom. The third-order valence-electron chi connectivity index (χ3n) is 7.93. The lowest BCUT2D eigenvalue weighted by Crippen LogP contribution is -2.76. The number of nitrogen functional groups attached to an aromatic ring is 2. The van der Waals surface area contributed by atoms with E-state index >= 15 is 0 Å². The second kappa shape index (κ2) is 13.0. The number of anilines is 2. The molecule has 0 aliphatic heterocycles. The van der Waals surface area contributed by atoms with Crippen LogP contribution in [0.5, 0.6) is 11.5 Å². The summed E-state index contributed by atoms with van der Waals surface area (Å²) in [5.41, 5.74) is 3.19. The van der Waals surface area contributed by atoms with Crippen molar-refractivity contribution in [2.24, 2.45) is 0 Å². The van der Waals surface area contributed by atoms with Gasteiger partial charge in [-0.05, 0) is 48.2 Å². The number of hydrogen-bond acceptors (Lipinski definition) is 4. The highest BCUT2D eigenvalue weighted by Crippen LogP contribution is 2.67. The van der Waals surface area contributed by atoms with E-state index in [-0.39, 0.29) is 24.3 Å². The summed E-state index contributed by atoms with van der Waals surface area (Å²) in [6, 6.07) is -1.05. The lowest BCUT2D eigenvalue weighted by molar-refractivity contribution is -0.470.